The third kappa shape index (κ3) is 9.29. The predicted octanol–water partition coefficient (Wildman–Crippen LogP) is 6.97. The van der Waals surface area contributed by atoms with Crippen molar-refractivity contribution in [3.63, 3.8) is 0 Å². The molecule has 0 radical (unpaired) electrons. The Bertz CT molecular complexity index is 851. The monoisotopic (exact) mass is 495 g/mol. The number of nitrogens with two attached hydrogens (primary N) is 1. The summed E-state index contributed by atoms with van der Waals surface area (Å²) < 4.78 is 78.5. The Labute approximate surface area is 193 Å². The minimum Gasteiger partial charge on any atom is -0.480 e. The average Bonchev–Trinajstić information content (AvgIpc) is 2.76. The highest BCUT2D eigenvalue weighted by Crippen LogP contribution is 2.39. The normalized spacial score (nSPS) is 13.6. The Morgan fingerprint density at radius 3 is 1.76 bits per heavy atom. The van der Waals surface area contributed by atoms with E-state index in [0.29, 0.717) is 16.9 Å². The van der Waals surface area contributed by atoms with Crippen LogP contribution in [0.15, 0.2) is 48.5 Å². The molecule has 0 spiro atoms. The lowest BCUT2D eigenvalue weighted by Gasteiger charge is -2.21. The van der Waals surface area contributed by atoms with Crippen molar-refractivity contribution >= 4 is 17.7 Å². The summed E-state index contributed by atoms with van der Waals surface area (Å²) in [6.07, 6.45) is -8.94. The minimum atomic E-state index is -4.46. The topological polar surface area (TPSA) is 63.3 Å². The third-order valence-electron chi connectivity index (χ3n) is 4.69. The molecular formula is C23H27F6NO2S. The van der Waals surface area contributed by atoms with Gasteiger partial charge in [-0.2, -0.15) is 38.1 Å². The summed E-state index contributed by atoms with van der Waals surface area (Å²) in [5.74, 6) is -2.33. The fourth-order valence-corrected chi connectivity index (χ4v) is 3.94. The Morgan fingerprint density at radius 1 is 0.879 bits per heavy atom. The second-order valence-corrected chi connectivity index (χ2v) is 8.15. The first-order chi connectivity index (χ1) is 15.4. The van der Waals surface area contributed by atoms with Crippen molar-refractivity contribution in [2.45, 2.75) is 51.0 Å². The molecule has 2 rings (SSSR count). The molecular weight excluding hydrogens is 468 g/mol. The Balaban J connectivity index is 0.00000265. The van der Waals surface area contributed by atoms with Gasteiger partial charge in [0.05, 0.1) is 11.5 Å². The van der Waals surface area contributed by atoms with Crippen molar-refractivity contribution in [2.75, 3.05) is 11.5 Å². The molecule has 0 saturated carbocycles. The lowest BCUT2D eigenvalue weighted by molar-refractivity contribution is -0.150. The number of thioether (sulfide) groups is 1. The predicted molar refractivity (Wildman–Crippen MR) is 119 cm³/mol. The molecule has 0 aliphatic carbocycles. The summed E-state index contributed by atoms with van der Waals surface area (Å²) in [5, 5.41) is 8.70. The summed E-state index contributed by atoms with van der Waals surface area (Å²) in [6, 6.07) is 8.93. The first kappa shape index (κ1) is 28.8. The number of benzene rings is 2. The van der Waals surface area contributed by atoms with Crippen LogP contribution in [0.4, 0.5) is 26.3 Å². The highest BCUT2D eigenvalue weighted by Gasteiger charge is 2.40. The fraction of sp³-hybridized carbons (Fsp3) is 0.435. The molecule has 3 nitrogen and oxygen atoms in total. The van der Waals surface area contributed by atoms with E-state index in [1.807, 2.05) is 13.8 Å². The van der Waals surface area contributed by atoms with Gasteiger partial charge in [0.25, 0.3) is 0 Å². The van der Waals surface area contributed by atoms with Crippen LogP contribution in [0.25, 0.3) is 11.1 Å². The van der Waals surface area contributed by atoms with E-state index in [1.54, 1.807) is 0 Å². The quantitative estimate of drug-likeness (QED) is 0.291. The van der Waals surface area contributed by atoms with Gasteiger partial charge in [0.1, 0.15) is 6.04 Å². The second-order valence-electron chi connectivity index (χ2n) is 6.93. The van der Waals surface area contributed by atoms with Gasteiger partial charge in [-0.15, -0.1) is 0 Å². The molecule has 0 heterocycles. The molecule has 0 fully saturated rings. The van der Waals surface area contributed by atoms with E-state index in [0.717, 1.165) is 12.1 Å². The zero-order valence-electron chi connectivity index (χ0n) is 18.2. The van der Waals surface area contributed by atoms with Crippen molar-refractivity contribution in [2.24, 2.45) is 5.73 Å². The Hall–Kier alpha value is -2.20. The van der Waals surface area contributed by atoms with Crippen LogP contribution in [-0.4, -0.2) is 34.8 Å². The maximum absolute atomic E-state index is 13.5. The van der Waals surface area contributed by atoms with Crippen molar-refractivity contribution in [1.29, 1.82) is 0 Å². The summed E-state index contributed by atoms with van der Waals surface area (Å²) in [6.45, 7) is 4.00. The lowest BCUT2D eigenvalue weighted by Crippen LogP contribution is -2.30. The maximum Gasteiger partial charge on any atom is 0.416 e. The van der Waals surface area contributed by atoms with Crippen molar-refractivity contribution in [3.05, 3.63) is 59.7 Å². The number of carboxylic acids is 1. The van der Waals surface area contributed by atoms with Gasteiger partial charge in [-0.25, -0.2) is 0 Å². The van der Waals surface area contributed by atoms with Crippen LogP contribution in [-0.2, 0) is 11.0 Å². The SMILES string of the molecule is CC.NC(CCSCCC(c1ccc(-c2ccc(C(F)(F)F)cc2)cc1)C(F)(F)F)C(=O)O. The standard InChI is InChI=1S/C21H21F6NO2S.C2H6/c22-20(23,24)16-7-5-14(6-8-16)13-1-3-15(4-2-13)17(21(25,26)27)9-11-31-12-10-18(28)19(29)30;1-2/h1-8,17-18H,9-12,28H2,(H,29,30);1-2H3. The van der Waals surface area contributed by atoms with E-state index in [4.69, 9.17) is 10.8 Å². The lowest BCUT2D eigenvalue weighted by atomic mass is 9.93. The number of rotatable bonds is 9. The van der Waals surface area contributed by atoms with Crippen LogP contribution in [0.2, 0.25) is 0 Å². The Morgan fingerprint density at radius 2 is 1.33 bits per heavy atom. The molecule has 10 heteroatoms. The van der Waals surface area contributed by atoms with Crippen molar-refractivity contribution in [1.82, 2.24) is 0 Å². The molecule has 33 heavy (non-hydrogen) atoms. The molecule has 0 amide bonds. The molecule has 2 aromatic rings. The molecule has 2 unspecified atom stereocenters. The van der Waals surface area contributed by atoms with Gasteiger partial charge in [-0.05, 0) is 53.2 Å². The van der Waals surface area contributed by atoms with Crippen molar-refractivity contribution in [3.8, 4) is 11.1 Å². The maximum atomic E-state index is 13.5. The number of hydrogen-bond donors (Lipinski definition) is 2. The zero-order valence-corrected chi connectivity index (χ0v) is 19.0. The van der Waals surface area contributed by atoms with Crippen LogP contribution >= 0.6 is 11.8 Å². The van der Waals surface area contributed by atoms with E-state index in [9.17, 15) is 31.1 Å². The van der Waals surface area contributed by atoms with E-state index in [2.05, 4.69) is 0 Å². The van der Waals surface area contributed by atoms with Gasteiger partial charge in [0, 0.05) is 0 Å². The number of carboxylic acid groups (broad SMARTS) is 1. The third-order valence-corrected chi connectivity index (χ3v) is 5.74. The average molecular weight is 496 g/mol. The summed E-state index contributed by atoms with van der Waals surface area (Å²) in [7, 11) is 0. The van der Waals surface area contributed by atoms with Crippen LogP contribution in [0.3, 0.4) is 0 Å². The molecule has 0 saturated heterocycles. The van der Waals surface area contributed by atoms with Gasteiger partial charge in [0.2, 0.25) is 0 Å². The van der Waals surface area contributed by atoms with E-state index >= 15 is 0 Å². The van der Waals surface area contributed by atoms with Gasteiger partial charge in [0.15, 0.2) is 0 Å². The molecule has 0 bridgehead atoms. The molecule has 3 N–H and O–H groups in total. The first-order valence-corrected chi connectivity index (χ1v) is 11.5. The minimum absolute atomic E-state index is 0.0611. The molecule has 0 aromatic heterocycles. The second kappa shape index (κ2) is 12.9. The zero-order chi connectivity index (χ0) is 25.2. The number of carbonyl (C=O) groups is 1. The van der Waals surface area contributed by atoms with Crippen LogP contribution in [0, 0.1) is 0 Å². The summed E-state index contributed by atoms with van der Waals surface area (Å²) in [5.41, 5.74) is 5.60. The van der Waals surface area contributed by atoms with Gasteiger partial charge < -0.3 is 10.8 Å². The first-order valence-electron chi connectivity index (χ1n) is 10.3. The van der Waals surface area contributed by atoms with Crippen LogP contribution in [0.5, 0.6) is 0 Å². The number of hydrogen-bond acceptors (Lipinski definition) is 3. The summed E-state index contributed by atoms with van der Waals surface area (Å²) >= 11 is 1.21. The van der Waals surface area contributed by atoms with E-state index in [-0.39, 0.29) is 24.2 Å². The molecule has 184 valence electrons. The largest absolute Gasteiger partial charge is 0.480 e. The van der Waals surface area contributed by atoms with E-state index in [1.165, 1.54) is 48.2 Å². The number of alkyl halides is 6. The molecule has 2 atom stereocenters. The van der Waals surface area contributed by atoms with Gasteiger partial charge in [-0.3, -0.25) is 4.79 Å². The van der Waals surface area contributed by atoms with Crippen LogP contribution in [0.1, 0.15) is 43.7 Å². The molecule has 0 aliphatic rings. The summed E-state index contributed by atoms with van der Waals surface area (Å²) in [4.78, 5) is 10.6. The smallest absolute Gasteiger partial charge is 0.416 e. The highest BCUT2D eigenvalue weighted by atomic mass is 32.2. The number of aliphatic carboxylic acids is 1. The highest BCUT2D eigenvalue weighted by molar-refractivity contribution is 7.99. The van der Waals surface area contributed by atoms with Gasteiger partial charge >= 0.3 is 18.3 Å². The number of halogens is 6. The van der Waals surface area contributed by atoms with E-state index < -0.39 is 35.8 Å². The fourth-order valence-electron chi connectivity index (χ4n) is 2.92. The Kier molecular flexibility index (Phi) is 11.3. The molecule has 2 aromatic carbocycles. The van der Waals surface area contributed by atoms with Crippen molar-refractivity contribution < 1.29 is 36.2 Å². The van der Waals surface area contributed by atoms with Gasteiger partial charge in [-0.1, -0.05) is 50.2 Å². The van der Waals surface area contributed by atoms with Crippen LogP contribution < -0.4 is 5.73 Å². The molecule has 0 aliphatic heterocycles.